The van der Waals surface area contributed by atoms with E-state index in [1.54, 1.807) is 0 Å². The molecule has 1 aliphatic heterocycles. The first-order chi connectivity index (χ1) is 12.2. The molecule has 5 nitrogen and oxygen atoms in total. The molecule has 6 heteroatoms. The van der Waals surface area contributed by atoms with Gasteiger partial charge in [-0.1, -0.05) is 6.92 Å². The number of nitrogens with zero attached hydrogens (tertiary/aromatic N) is 1. The van der Waals surface area contributed by atoms with Crippen LogP contribution in [0.15, 0.2) is 16.6 Å². The van der Waals surface area contributed by atoms with Crippen LogP contribution >= 0.6 is 15.9 Å². The highest BCUT2D eigenvalue weighted by Crippen LogP contribution is 2.37. The zero-order valence-electron chi connectivity index (χ0n) is 15.5. The summed E-state index contributed by atoms with van der Waals surface area (Å²) in [5.41, 5.74) is 1.20. The SMILES string of the molecule is CCCOc1c(Br)cc(CNCCCN2CCOCC2)cc1OCC. The minimum atomic E-state index is 0.630. The highest BCUT2D eigenvalue weighted by molar-refractivity contribution is 9.10. The summed E-state index contributed by atoms with van der Waals surface area (Å²) in [4.78, 5) is 2.47. The van der Waals surface area contributed by atoms with Crippen LogP contribution in [0.5, 0.6) is 11.5 Å². The van der Waals surface area contributed by atoms with Gasteiger partial charge in [-0.2, -0.15) is 0 Å². The Morgan fingerprint density at radius 2 is 2.00 bits per heavy atom. The summed E-state index contributed by atoms with van der Waals surface area (Å²) in [5, 5.41) is 3.53. The van der Waals surface area contributed by atoms with Crippen LogP contribution in [0.3, 0.4) is 0 Å². The van der Waals surface area contributed by atoms with Gasteiger partial charge in [-0.3, -0.25) is 4.90 Å². The number of benzene rings is 1. The normalized spacial score (nSPS) is 15.3. The lowest BCUT2D eigenvalue weighted by Crippen LogP contribution is -2.37. The fourth-order valence-electron chi connectivity index (χ4n) is 2.82. The van der Waals surface area contributed by atoms with Gasteiger partial charge < -0.3 is 19.5 Å². The molecule has 1 aromatic rings. The molecule has 1 heterocycles. The molecule has 25 heavy (non-hydrogen) atoms. The quantitative estimate of drug-likeness (QED) is 0.561. The molecule has 2 rings (SSSR count). The van der Waals surface area contributed by atoms with Crippen molar-refractivity contribution in [1.29, 1.82) is 0 Å². The number of halogens is 1. The lowest BCUT2D eigenvalue weighted by atomic mass is 10.2. The number of morpholine rings is 1. The lowest BCUT2D eigenvalue weighted by Gasteiger charge is -2.26. The van der Waals surface area contributed by atoms with E-state index >= 15 is 0 Å². The van der Waals surface area contributed by atoms with E-state index in [-0.39, 0.29) is 0 Å². The van der Waals surface area contributed by atoms with Crippen LogP contribution in [0.25, 0.3) is 0 Å². The van der Waals surface area contributed by atoms with Crippen molar-refractivity contribution < 1.29 is 14.2 Å². The van der Waals surface area contributed by atoms with Gasteiger partial charge in [-0.25, -0.2) is 0 Å². The first-order valence-electron chi connectivity index (χ1n) is 9.33. The molecule has 0 atom stereocenters. The topological polar surface area (TPSA) is 43.0 Å². The zero-order valence-corrected chi connectivity index (χ0v) is 17.1. The summed E-state index contributed by atoms with van der Waals surface area (Å²) in [6, 6.07) is 4.19. The van der Waals surface area contributed by atoms with E-state index < -0.39 is 0 Å². The summed E-state index contributed by atoms with van der Waals surface area (Å²) in [6.45, 7) is 12.2. The highest BCUT2D eigenvalue weighted by atomic mass is 79.9. The van der Waals surface area contributed by atoms with Gasteiger partial charge in [-0.05, 0) is 66.5 Å². The molecule has 0 aliphatic carbocycles. The maximum Gasteiger partial charge on any atom is 0.175 e. The average Bonchev–Trinajstić information content (AvgIpc) is 2.62. The van der Waals surface area contributed by atoms with Crippen LogP contribution in [-0.4, -0.2) is 57.5 Å². The fraction of sp³-hybridized carbons (Fsp3) is 0.684. The van der Waals surface area contributed by atoms with Gasteiger partial charge in [0.15, 0.2) is 11.5 Å². The monoisotopic (exact) mass is 414 g/mol. The first kappa shape index (κ1) is 20.5. The molecule has 0 amide bonds. The van der Waals surface area contributed by atoms with Crippen LogP contribution in [-0.2, 0) is 11.3 Å². The predicted octanol–water partition coefficient (Wildman–Crippen LogP) is 3.45. The Labute approximate surface area is 160 Å². The van der Waals surface area contributed by atoms with Gasteiger partial charge in [0.05, 0.1) is 30.9 Å². The highest BCUT2D eigenvalue weighted by Gasteiger charge is 2.12. The van der Waals surface area contributed by atoms with Crippen molar-refractivity contribution in [2.24, 2.45) is 0 Å². The molecule has 1 aromatic carbocycles. The van der Waals surface area contributed by atoms with E-state index in [1.165, 1.54) is 5.56 Å². The molecular formula is C19H31BrN2O3. The third-order valence-corrected chi connectivity index (χ3v) is 4.67. The van der Waals surface area contributed by atoms with Crippen molar-refractivity contribution >= 4 is 15.9 Å². The van der Waals surface area contributed by atoms with Crippen molar-refractivity contribution in [3.63, 3.8) is 0 Å². The predicted molar refractivity (Wildman–Crippen MR) is 105 cm³/mol. The Morgan fingerprint density at radius 1 is 1.20 bits per heavy atom. The largest absolute Gasteiger partial charge is 0.490 e. The third-order valence-electron chi connectivity index (χ3n) is 4.08. The maximum absolute atomic E-state index is 5.83. The van der Waals surface area contributed by atoms with Crippen molar-refractivity contribution in [2.75, 3.05) is 52.6 Å². The molecule has 0 radical (unpaired) electrons. The minimum absolute atomic E-state index is 0.630. The molecule has 0 unspecified atom stereocenters. The summed E-state index contributed by atoms with van der Waals surface area (Å²) in [7, 11) is 0. The van der Waals surface area contributed by atoms with Crippen molar-refractivity contribution in [3.05, 3.63) is 22.2 Å². The van der Waals surface area contributed by atoms with Crippen LogP contribution < -0.4 is 14.8 Å². The van der Waals surface area contributed by atoms with Crippen LogP contribution in [0.4, 0.5) is 0 Å². The maximum atomic E-state index is 5.83. The van der Waals surface area contributed by atoms with E-state index in [0.717, 1.165) is 74.8 Å². The number of nitrogens with one attached hydrogen (secondary N) is 1. The third kappa shape index (κ3) is 7.13. The summed E-state index contributed by atoms with van der Waals surface area (Å²) in [6.07, 6.45) is 2.13. The molecular weight excluding hydrogens is 384 g/mol. The smallest absolute Gasteiger partial charge is 0.175 e. The van der Waals surface area contributed by atoms with E-state index in [0.29, 0.717) is 13.2 Å². The first-order valence-corrected chi connectivity index (χ1v) is 10.1. The number of hydrogen-bond acceptors (Lipinski definition) is 5. The second-order valence-corrected chi connectivity index (χ2v) is 7.03. The Balaban J connectivity index is 1.80. The molecule has 0 bridgehead atoms. The number of hydrogen-bond donors (Lipinski definition) is 1. The van der Waals surface area contributed by atoms with Gasteiger partial charge in [-0.15, -0.1) is 0 Å². The molecule has 1 saturated heterocycles. The molecule has 1 aliphatic rings. The van der Waals surface area contributed by atoms with Crippen LogP contribution in [0, 0.1) is 0 Å². The lowest BCUT2D eigenvalue weighted by molar-refractivity contribution is 0.0374. The zero-order chi connectivity index (χ0) is 17.9. The standard InChI is InChI=1S/C19H31BrN2O3/c1-3-10-25-19-17(20)13-16(14-18(19)24-4-2)15-21-6-5-7-22-8-11-23-12-9-22/h13-14,21H,3-12,15H2,1-2H3. The van der Waals surface area contributed by atoms with E-state index in [1.807, 2.05) is 6.92 Å². The van der Waals surface area contributed by atoms with E-state index in [2.05, 4.69) is 45.2 Å². The molecule has 0 saturated carbocycles. The number of ether oxygens (including phenoxy) is 3. The Kier molecular flexibility index (Phi) is 9.61. The van der Waals surface area contributed by atoms with Gasteiger partial charge in [0.1, 0.15) is 0 Å². The summed E-state index contributed by atoms with van der Waals surface area (Å²) < 4.78 is 17.9. The second-order valence-electron chi connectivity index (χ2n) is 6.17. The van der Waals surface area contributed by atoms with Crippen molar-refractivity contribution in [3.8, 4) is 11.5 Å². The Hall–Kier alpha value is -0.820. The average molecular weight is 415 g/mol. The fourth-order valence-corrected chi connectivity index (χ4v) is 3.42. The van der Waals surface area contributed by atoms with Gasteiger partial charge >= 0.3 is 0 Å². The minimum Gasteiger partial charge on any atom is -0.490 e. The molecule has 0 aromatic heterocycles. The summed E-state index contributed by atoms with van der Waals surface area (Å²) in [5.74, 6) is 1.62. The van der Waals surface area contributed by atoms with Crippen LogP contribution in [0.2, 0.25) is 0 Å². The van der Waals surface area contributed by atoms with E-state index in [9.17, 15) is 0 Å². The Morgan fingerprint density at radius 3 is 2.72 bits per heavy atom. The number of rotatable bonds is 11. The molecule has 1 N–H and O–H groups in total. The van der Waals surface area contributed by atoms with Crippen molar-refractivity contribution in [2.45, 2.75) is 33.2 Å². The van der Waals surface area contributed by atoms with E-state index in [4.69, 9.17) is 14.2 Å². The molecule has 0 spiro atoms. The van der Waals surface area contributed by atoms with Gasteiger partial charge in [0.25, 0.3) is 0 Å². The second kappa shape index (κ2) is 11.7. The van der Waals surface area contributed by atoms with Crippen molar-refractivity contribution in [1.82, 2.24) is 10.2 Å². The van der Waals surface area contributed by atoms with Gasteiger partial charge in [0, 0.05) is 19.6 Å². The Bertz CT molecular complexity index is 508. The molecule has 142 valence electrons. The summed E-state index contributed by atoms with van der Waals surface area (Å²) >= 11 is 3.62. The van der Waals surface area contributed by atoms with Crippen LogP contribution in [0.1, 0.15) is 32.3 Å². The van der Waals surface area contributed by atoms with Gasteiger partial charge in [0.2, 0.25) is 0 Å². The molecule has 1 fully saturated rings.